The summed E-state index contributed by atoms with van der Waals surface area (Å²) in [5, 5.41) is 8.52. The molecule has 0 aliphatic rings. The van der Waals surface area contributed by atoms with Gasteiger partial charge < -0.3 is 18.0 Å². The Morgan fingerprint density at radius 1 is 1.06 bits per heavy atom. The minimum absolute atomic E-state index is 0.0368. The maximum absolute atomic E-state index is 8.52. The smallest absolute Gasteiger partial charge is 0.396 e. The maximum atomic E-state index is 8.52. The summed E-state index contributed by atoms with van der Waals surface area (Å²) in [6.07, 6.45) is 2.69. The Balaban J connectivity index is 4.30. The maximum Gasteiger partial charge on any atom is 0.487 e. The van der Waals surface area contributed by atoms with Crippen LogP contribution in [0.15, 0.2) is 0 Å². The number of hydrogen-bond donors (Lipinski definition) is 0. The van der Waals surface area contributed by atoms with E-state index in [1.807, 2.05) is 34.6 Å². The summed E-state index contributed by atoms with van der Waals surface area (Å²) in [7, 11) is -2.25. The summed E-state index contributed by atoms with van der Waals surface area (Å²) < 4.78 is 21.6. The molecule has 0 aromatic rings. The van der Waals surface area contributed by atoms with Crippen LogP contribution in [0.5, 0.6) is 0 Å². The largest absolute Gasteiger partial charge is 0.487 e. The highest BCUT2D eigenvalue weighted by molar-refractivity contribution is 6.36. The van der Waals surface area contributed by atoms with Crippen LogP contribution < -0.4 is 0 Å². The average molecular weight is 261 g/mol. The minimum Gasteiger partial charge on any atom is -0.396 e. The van der Waals surface area contributed by atoms with Gasteiger partial charge in [-0.05, 0) is 27.7 Å². The fraction of sp³-hybridized carbons (Fsp3) is 0.909. The molecule has 1 unspecified atom stereocenters. The highest BCUT2D eigenvalue weighted by atomic mass is 28.3. The first-order valence-electron chi connectivity index (χ1n) is 6.00. The van der Waals surface area contributed by atoms with Gasteiger partial charge in [0.25, 0.3) is 6.26 Å². The van der Waals surface area contributed by atoms with Gasteiger partial charge in [0.1, 0.15) is 0 Å². The fourth-order valence-corrected chi connectivity index (χ4v) is 2.63. The molecule has 6 heteroatoms. The number of rotatable bonds is 9. The lowest BCUT2D eigenvalue weighted by atomic mass is 10.3. The van der Waals surface area contributed by atoms with Gasteiger partial charge in [0.15, 0.2) is 0 Å². The van der Waals surface area contributed by atoms with E-state index in [-0.39, 0.29) is 12.2 Å². The van der Waals surface area contributed by atoms with E-state index in [1.54, 1.807) is 6.26 Å². The normalized spacial score (nSPS) is 13.1. The zero-order valence-corrected chi connectivity index (χ0v) is 12.5. The molecule has 0 aliphatic heterocycles. The molecule has 0 spiro atoms. The summed E-state index contributed by atoms with van der Waals surface area (Å²) >= 11 is 0. The summed E-state index contributed by atoms with van der Waals surface area (Å²) in [6, 6.07) is 0. The number of nitrogens with zero attached hydrogens (tertiary/aromatic N) is 1. The van der Waals surface area contributed by atoms with Crippen molar-refractivity contribution in [2.75, 3.05) is 0 Å². The second kappa shape index (κ2) is 9.42. The Labute approximate surface area is 106 Å². The van der Waals surface area contributed by atoms with Gasteiger partial charge in [-0.15, -0.1) is 0 Å². The predicted octanol–water partition coefficient (Wildman–Crippen LogP) is 2.19. The highest BCUT2D eigenvalue weighted by Crippen LogP contribution is 2.10. The van der Waals surface area contributed by atoms with Crippen molar-refractivity contribution in [3.8, 4) is 6.26 Å². The molecule has 0 aliphatic carbocycles. The Morgan fingerprint density at radius 2 is 1.59 bits per heavy atom. The molecule has 0 fully saturated rings. The SMILES string of the molecule is CCCC(OC#N)O[SiH](OC(C)C)OC(C)C. The van der Waals surface area contributed by atoms with Crippen LogP contribution in [0.3, 0.4) is 0 Å². The first kappa shape index (κ1) is 16.4. The lowest BCUT2D eigenvalue weighted by Crippen LogP contribution is -2.37. The van der Waals surface area contributed by atoms with Gasteiger partial charge in [-0.3, -0.25) is 0 Å². The van der Waals surface area contributed by atoms with Crippen molar-refractivity contribution in [3.05, 3.63) is 0 Å². The average Bonchev–Trinajstić information content (AvgIpc) is 2.15. The predicted molar refractivity (Wildman–Crippen MR) is 66.1 cm³/mol. The third kappa shape index (κ3) is 9.12. The van der Waals surface area contributed by atoms with E-state index in [0.29, 0.717) is 6.42 Å². The van der Waals surface area contributed by atoms with Crippen molar-refractivity contribution in [2.45, 2.75) is 66.0 Å². The molecule has 0 saturated carbocycles. The Hall–Kier alpha value is -0.613. The van der Waals surface area contributed by atoms with E-state index in [0.717, 1.165) is 6.42 Å². The van der Waals surface area contributed by atoms with Crippen LogP contribution in [0.4, 0.5) is 0 Å². The molecule has 0 N–H and O–H groups in total. The van der Waals surface area contributed by atoms with E-state index in [2.05, 4.69) is 0 Å². The van der Waals surface area contributed by atoms with Crippen LogP contribution in [0.25, 0.3) is 0 Å². The van der Waals surface area contributed by atoms with E-state index in [1.165, 1.54) is 0 Å². The monoisotopic (exact) mass is 261 g/mol. The molecule has 1 atom stereocenters. The molecule has 0 bridgehead atoms. The van der Waals surface area contributed by atoms with Gasteiger partial charge in [-0.25, -0.2) is 0 Å². The number of ether oxygens (including phenoxy) is 1. The molecule has 0 heterocycles. The molecule has 0 amide bonds. The summed E-state index contributed by atoms with van der Waals surface area (Å²) in [6.45, 7) is 9.69. The third-order valence-corrected chi connectivity index (χ3v) is 3.80. The van der Waals surface area contributed by atoms with Gasteiger partial charge in [0, 0.05) is 18.6 Å². The lowest BCUT2D eigenvalue weighted by molar-refractivity contribution is -0.0773. The molecular formula is C11H23NO4Si. The first-order chi connectivity index (χ1) is 7.99. The molecule has 100 valence electrons. The second-order valence-corrected chi connectivity index (χ2v) is 5.62. The van der Waals surface area contributed by atoms with Gasteiger partial charge in [0.05, 0.1) is 0 Å². The van der Waals surface area contributed by atoms with Crippen molar-refractivity contribution >= 4 is 9.53 Å². The quantitative estimate of drug-likeness (QED) is 0.362. The van der Waals surface area contributed by atoms with E-state index in [4.69, 9.17) is 23.3 Å². The third-order valence-electron chi connectivity index (χ3n) is 1.74. The second-order valence-electron chi connectivity index (χ2n) is 4.22. The van der Waals surface area contributed by atoms with Crippen LogP contribution in [0.2, 0.25) is 0 Å². The Morgan fingerprint density at radius 3 is 1.94 bits per heavy atom. The standard InChI is InChI=1S/C11H23NO4Si/c1-6-7-11(13-8-12)16-17(14-9(2)3)15-10(4)5/h9-11,17H,6-7H2,1-5H3. The van der Waals surface area contributed by atoms with Crippen LogP contribution in [0, 0.1) is 11.5 Å². The molecule has 0 aromatic heterocycles. The summed E-state index contributed by atoms with van der Waals surface area (Å²) in [5.74, 6) is 0. The molecule has 0 aromatic carbocycles. The molecule has 0 rings (SSSR count). The van der Waals surface area contributed by atoms with Gasteiger partial charge in [-0.2, -0.15) is 5.26 Å². The first-order valence-corrected chi connectivity index (χ1v) is 7.42. The van der Waals surface area contributed by atoms with Crippen molar-refractivity contribution in [3.63, 3.8) is 0 Å². The molecule has 5 nitrogen and oxygen atoms in total. The Bertz CT molecular complexity index is 220. The van der Waals surface area contributed by atoms with Gasteiger partial charge in [-0.1, -0.05) is 13.3 Å². The van der Waals surface area contributed by atoms with E-state index in [9.17, 15) is 0 Å². The number of hydrogen-bond acceptors (Lipinski definition) is 5. The van der Waals surface area contributed by atoms with Crippen molar-refractivity contribution < 1.29 is 18.0 Å². The lowest BCUT2D eigenvalue weighted by Gasteiger charge is -2.24. The van der Waals surface area contributed by atoms with Crippen molar-refractivity contribution in [1.29, 1.82) is 5.26 Å². The molecule has 0 radical (unpaired) electrons. The molecule has 0 saturated heterocycles. The zero-order chi connectivity index (χ0) is 13.3. The fourth-order valence-electron chi connectivity index (χ4n) is 1.11. The highest BCUT2D eigenvalue weighted by Gasteiger charge is 2.24. The summed E-state index contributed by atoms with van der Waals surface area (Å²) in [5.41, 5.74) is 0. The van der Waals surface area contributed by atoms with E-state index < -0.39 is 15.8 Å². The van der Waals surface area contributed by atoms with Gasteiger partial charge >= 0.3 is 9.53 Å². The van der Waals surface area contributed by atoms with Crippen LogP contribution in [0.1, 0.15) is 47.5 Å². The summed E-state index contributed by atoms with van der Waals surface area (Å²) in [4.78, 5) is 0. The van der Waals surface area contributed by atoms with Crippen LogP contribution in [-0.4, -0.2) is 28.0 Å². The van der Waals surface area contributed by atoms with Crippen molar-refractivity contribution in [1.82, 2.24) is 0 Å². The topological polar surface area (TPSA) is 60.7 Å². The van der Waals surface area contributed by atoms with Gasteiger partial charge in [0.2, 0.25) is 6.29 Å². The van der Waals surface area contributed by atoms with Crippen LogP contribution in [-0.2, 0) is 18.0 Å². The number of nitriles is 1. The minimum atomic E-state index is -2.25. The van der Waals surface area contributed by atoms with Crippen molar-refractivity contribution in [2.24, 2.45) is 0 Å². The Kier molecular flexibility index (Phi) is 9.08. The van der Waals surface area contributed by atoms with Crippen LogP contribution >= 0.6 is 0 Å². The zero-order valence-electron chi connectivity index (χ0n) is 11.3. The molecular weight excluding hydrogens is 238 g/mol. The molecule has 17 heavy (non-hydrogen) atoms. The van der Waals surface area contributed by atoms with E-state index >= 15 is 0 Å².